The number of fused-ring (bicyclic) bond motifs is 1. The Hall–Kier alpha value is -2.89. The number of anilines is 2. The summed E-state index contributed by atoms with van der Waals surface area (Å²) < 4.78 is 5.03. The van der Waals surface area contributed by atoms with E-state index in [-0.39, 0.29) is 11.8 Å². The molecule has 0 saturated heterocycles. The highest BCUT2D eigenvalue weighted by Gasteiger charge is 2.20. The Bertz CT molecular complexity index is 795. The monoisotopic (exact) mass is 325 g/mol. The van der Waals surface area contributed by atoms with Gasteiger partial charge in [-0.2, -0.15) is 0 Å². The first kappa shape index (κ1) is 16.0. The van der Waals surface area contributed by atoms with Gasteiger partial charge in [-0.25, -0.2) is 0 Å². The van der Waals surface area contributed by atoms with Crippen molar-refractivity contribution < 1.29 is 14.1 Å². The molecule has 6 heteroatoms. The fourth-order valence-corrected chi connectivity index (χ4v) is 2.82. The minimum atomic E-state index is -0.196. The molecule has 0 fully saturated rings. The van der Waals surface area contributed by atoms with E-state index in [1.54, 1.807) is 11.2 Å². The highest BCUT2D eigenvalue weighted by Crippen LogP contribution is 2.29. The van der Waals surface area contributed by atoms with E-state index < -0.39 is 0 Å². The number of hydrogen-bond donors (Lipinski definition) is 1. The highest BCUT2D eigenvalue weighted by atomic mass is 16.5. The zero-order chi connectivity index (χ0) is 17.1. The summed E-state index contributed by atoms with van der Waals surface area (Å²) in [6.45, 7) is 5.94. The molecule has 1 aromatic heterocycles. The van der Waals surface area contributed by atoms with Crippen molar-refractivity contribution in [1.82, 2.24) is 5.16 Å². The second-order valence-electron chi connectivity index (χ2n) is 5.66. The number of aromatic nitrogens is 1. The van der Waals surface area contributed by atoms with Crippen LogP contribution >= 0.6 is 0 Å². The molecule has 6 nitrogen and oxygen atoms in total. The number of rotatable bonds is 5. The molecule has 3 rings (SSSR count). The summed E-state index contributed by atoms with van der Waals surface area (Å²) in [5.41, 5.74) is 4.30. The molecule has 1 aromatic carbocycles. The molecule has 124 valence electrons. The Balaban J connectivity index is 1.93. The number of benzene rings is 1. The van der Waals surface area contributed by atoms with Crippen LogP contribution in [-0.4, -0.2) is 17.0 Å². The molecule has 24 heavy (non-hydrogen) atoms. The molecule has 0 atom stereocenters. The van der Waals surface area contributed by atoms with Gasteiger partial charge in [0.1, 0.15) is 6.26 Å². The molecule has 2 heterocycles. The number of aryl methyl sites for hydroxylation is 2. The first-order chi connectivity index (χ1) is 11.6. The predicted molar refractivity (Wildman–Crippen MR) is 90.7 cm³/mol. The van der Waals surface area contributed by atoms with Crippen molar-refractivity contribution in [3.05, 3.63) is 53.9 Å². The molecule has 1 aliphatic rings. The van der Waals surface area contributed by atoms with E-state index >= 15 is 0 Å². The van der Waals surface area contributed by atoms with Crippen molar-refractivity contribution in [3.8, 4) is 0 Å². The van der Waals surface area contributed by atoms with E-state index in [1.807, 2.05) is 25.1 Å². The van der Waals surface area contributed by atoms with Gasteiger partial charge in [0.05, 0.1) is 12.2 Å². The van der Waals surface area contributed by atoms with Gasteiger partial charge in [-0.05, 0) is 42.7 Å². The van der Waals surface area contributed by atoms with Crippen molar-refractivity contribution in [2.75, 3.05) is 10.2 Å². The molecule has 1 N–H and O–H groups in total. The molecule has 0 unspecified atom stereocenters. The van der Waals surface area contributed by atoms with Gasteiger partial charge in [0.2, 0.25) is 5.91 Å². The number of carbonyl (C=O) groups excluding carboxylic acids is 2. The molecule has 0 aliphatic carbocycles. The Morgan fingerprint density at radius 3 is 3.04 bits per heavy atom. The maximum absolute atomic E-state index is 12.3. The van der Waals surface area contributed by atoms with Crippen LogP contribution in [0.3, 0.4) is 0 Å². The molecule has 2 aromatic rings. The summed E-state index contributed by atoms with van der Waals surface area (Å²) in [6.07, 6.45) is 4.72. The summed E-state index contributed by atoms with van der Waals surface area (Å²) >= 11 is 0. The van der Waals surface area contributed by atoms with Crippen molar-refractivity contribution in [2.45, 2.75) is 32.7 Å². The molecule has 0 spiro atoms. The van der Waals surface area contributed by atoms with Crippen LogP contribution in [0.4, 0.5) is 11.4 Å². The molecule has 0 bridgehead atoms. The number of amides is 2. The smallest absolute Gasteiger partial charge is 0.250 e. The minimum absolute atomic E-state index is 0.0198. The fourth-order valence-electron chi connectivity index (χ4n) is 2.82. The van der Waals surface area contributed by atoms with E-state index in [1.165, 1.54) is 6.08 Å². The lowest BCUT2D eigenvalue weighted by Crippen LogP contribution is -2.29. The lowest BCUT2D eigenvalue weighted by Gasteiger charge is -2.24. The third kappa shape index (κ3) is 3.08. The molecular weight excluding hydrogens is 306 g/mol. The van der Waals surface area contributed by atoms with Gasteiger partial charge in [0.15, 0.2) is 0 Å². The van der Waals surface area contributed by atoms with Crippen LogP contribution in [0, 0.1) is 0 Å². The van der Waals surface area contributed by atoms with Gasteiger partial charge >= 0.3 is 0 Å². The van der Waals surface area contributed by atoms with Crippen LogP contribution in [0.5, 0.6) is 0 Å². The van der Waals surface area contributed by atoms with E-state index in [0.29, 0.717) is 19.4 Å². The summed E-state index contributed by atoms with van der Waals surface area (Å²) in [6, 6.07) is 5.60. The molecule has 1 aliphatic heterocycles. The standard InChI is InChI=1S/C18H19N3O3/c1-3-15-13(11-24-20-15)10-21(18(23)4-2)14-6-7-16-12(9-14)5-8-17(22)19-16/h4,6-7,9,11H,2-3,5,8,10H2,1H3,(H,19,22). The summed E-state index contributed by atoms with van der Waals surface area (Å²) in [7, 11) is 0. The van der Waals surface area contributed by atoms with Gasteiger partial charge in [0.25, 0.3) is 5.91 Å². The topological polar surface area (TPSA) is 75.4 Å². The zero-order valence-electron chi connectivity index (χ0n) is 13.5. The summed E-state index contributed by atoms with van der Waals surface area (Å²) in [5.74, 6) is -0.176. The Kier molecular flexibility index (Phi) is 4.46. The van der Waals surface area contributed by atoms with E-state index in [9.17, 15) is 9.59 Å². The number of hydrogen-bond acceptors (Lipinski definition) is 4. The van der Waals surface area contributed by atoms with Gasteiger partial charge in [0, 0.05) is 23.4 Å². The molecule has 2 amide bonds. The summed E-state index contributed by atoms with van der Waals surface area (Å²) in [5, 5.41) is 6.80. The fraction of sp³-hybridized carbons (Fsp3) is 0.278. The van der Waals surface area contributed by atoms with Crippen molar-refractivity contribution in [2.24, 2.45) is 0 Å². The first-order valence-corrected chi connectivity index (χ1v) is 7.91. The van der Waals surface area contributed by atoms with Crippen LogP contribution in [-0.2, 0) is 29.0 Å². The maximum Gasteiger partial charge on any atom is 0.250 e. The highest BCUT2D eigenvalue weighted by molar-refractivity contribution is 6.01. The van der Waals surface area contributed by atoms with Crippen LogP contribution in [0.15, 0.2) is 41.6 Å². The average Bonchev–Trinajstić information content (AvgIpc) is 3.06. The normalized spacial score (nSPS) is 13.1. The molecule has 0 radical (unpaired) electrons. The van der Waals surface area contributed by atoms with Crippen LogP contribution < -0.4 is 10.2 Å². The Labute approximate surface area is 140 Å². The van der Waals surface area contributed by atoms with E-state index in [0.717, 1.165) is 34.6 Å². The third-order valence-electron chi connectivity index (χ3n) is 4.13. The lowest BCUT2D eigenvalue weighted by atomic mass is 10.0. The Morgan fingerprint density at radius 1 is 1.46 bits per heavy atom. The van der Waals surface area contributed by atoms with Crippen LogP contribution in [0.1, 0.15) is 30.2 Å². The number of carbonyl (C=O) groups is 2. The second kappa shape index (κ2) is 6.70. The lowest BCUT2D eigenvalue weighted by molar-refractivity contribution is -0.116. The van der Waals surface area contributed by atoms with Gasteiger partial charge in [-0.3, -0.25) is 9.59 Å². The van der Waals surface area contributed by atoms with E-state index in [4.69, 9.17) is 4.52 Å². The van der Waals surface area contributed by atoms with Crippen molar-refractivity contribution in [3.63, 3.8) is 0 Å². The van der Waals surface area contributed by atoms with Gasteiger partial charge in [-0.1, -0.05) is 18.7 Å². The summed E-state index contributed by atoms with van der Waals surface area (Å²) in [4.78, 5) is 25.5. The first-order valence-electron chi connectivity index (χ1n) is 7.91. The molecule has 0 saturated carbocycles. The number of nitrogens with one attached hydrogen (secondary N) is 1. The predicted octanol–water partition coefficient (Wildman–Crippen LogP) is 2.84. The van der Waals surface area contributed by atoms with Crippen molar-refractivity contribution in [1.29, 1.82) is 0 Å². The Morgan fingerprint density at radius 2 is 2.29 bits per heavy atom. The van der Waals surface area contributed by atoms with Crippen LogP contribution in [0.2, 0.25) is 0 Å². The van der Waals surface area contributed by atoms with Gasteiger partial charge in [-0.15, -0.1) is 0 Å². The molecular formula is C18H19N3O3. The second-order valence-corrected chi connectivity index (χ2v) is 5.66. The maximum atomic E-state index is 12.3. The average molecular weight is 325 g/mol. The quantitative estimate of drug-likeness (QED) is 0.858. The SMILES string of the molecule is C=CC(=O)N(Cc1conc1CC)c1ccc2c(c1)CCC(=O)N2. The van der Waals surface area contributed by atoms with Crippen molar-refractivity contribution >= 4 is 23.2 Å². The van der Waals surface area contributed by atoms with Crippen LogP contribution in [0.25, 0.3) is 0 Å². The number of nitrogens with zero attached hydrogens (tertiary/aromatic N) is 2. The minimum Gasteiger partial charge on any atom is -0.364 e. The van der Waals surface area contributed by atoms with E-state index in [2.05, 4.69) is 17.1 Å². The zero-order valence-corrected chi connectivity index (χ0v) is 13.5. The largest absolute Gasteiger partial charge is 0.364 e. The van der Waals surface area contributed by atoms with Gasteiger partial charge < -0.3 is 14.7 Å². The third-order valence-corrected chi connectivity index (χ3v) is 4.13.